The van der Waals surface area contributed by atoms with Crippen LogP contribution in [0.5, 0.6) is 5.75 Å². The van der Waals surface area contributed by atoms with Gasteiger partial charge < -0.3 is 14.4 Å². The highest BCUT2D eigenvalue weighted by molar-refractivity contribution is 6.30. The van der Waals surface area contributed by atoms with Gasteiger partial charge in [-0.25, -0.2) is 9.78 Å². The van der Waals surface area contributed by atoms with E-state index >= 15 is 0 Å². The van der Waals surface area contributed by atoms with Crippen molar-refractivity contribution in [3.05, 3.63) is 46.5 Å². The number of alkyl halides is 3. The molecule has 2 heterocycles. The van der Waals surface area contributed by atoms with Crippen LogP contribution in [0.25, 0.3) is 0 Å². The van der Waals surface area contributed by atoms with Crippen molar-refractivity contribution in [2.75, 3.05) is 13.2 Å². The zero-order valence-corrected chi connectivity index (χ0v) is 15.1. The molecule has 0 saturated heterocycles. The molecule has 0 fully saturated rings. The zero-order valence-electron chi connectivity index (χ0n) is 14.3. The van der Waals surface area contributed by atoms with Crippen LogP contribution in [0.3, 0.4) is 0 Å². The summed E-state index contributed by atoms with van der Waals surface area (Å²) in [5, 5.41) is 9.69. The number of halogens is 4. The second-order valence-corrected chi connectivity index (χ2v) is 6.39. The maximum atomic E-state index is 12.6. The van der Waals surface area contributed by atoms with E-state index in [1.54, 1.807) is 0 Å². The molecule has 1 aliphatic rings. The first kappa shape index (κ1) is 19.3. The van der Waals surface area contributed by atoms with Crippen molar-refractivity contribution in [2.45, 2.75) is 32.1 Å². The number of ether oxygens (including phenoxy) is 1. The van der Waals surface area contributed by atoms with E-state index in [4.69, 9.17) is 16.3 Å². The third kappa shape index (κ3) is 3.83. The molecule has 10 heteroatoms. The first-order valence-electron chi connectivity index (χ1n) is 8.26. The maximum Gasteiger partial charge on any atom is 0.416 e. The minimum absolute atomic E-state index is 0.0910. The predicted octanol–water partition coefficient (Wildman–Crippen LogP) is 4.23. The van der Waals surface area contributed by atoms with Gasteiger partial charge in [0.25, 0.3) is 0 Å². The van der Waals surface area contributed by atoms with E-state index in [-0.39, 0.29) is 24.1 Å². The van der Waals surface area contributed by atoms with Crippen LogP contribution in [-0.2, 0) is 19.1 Å². The largest absolute Gasteiger partial charge is 0.491 e. The molecule has 1 aromatic carbocycles. The number of carboxylic acid groups (broad SMARTS) is 1. The number of carbonyl (C=O) groups is 1. The lowest BCUT2D eigenvalue weighted by Gasteiger charge is -2.35. The Hall–Kier alpha value is -2.42. The molecule has 1 atom stereocenters. The van der Waals surface area contributed by atoms with E-state index in [9.17, 15) is 23.1 Å². The number of fused-ring (bicyclic) bond motifs is 1. The van der Waals surface area contributed by atoms with Gasteiger partial charge in [-0.05, 0) is 24.3 Å². The van der Waals surface area contributed by atoms with Gasteiger partial charge in [-0.1, -0.05) is 18.5 Å². The Labute approximate surface area is 158 Å². The van der Waals surface area contributed by atoms with Crippen molar-refractivity contribution in [1.82, 2.24) is 14.5 Å². The molecule has 0 spiro atoms. The molecule has 146 valence electrons. The number of rotatable bonds is 4. The van der Waals surface area contributed by atoms with Crippen molar-refractivity contribution >= 4 is 17.7 Å². The average Bonchev–Trinajstić information content (AvgIpc) is 2.95. The van der Waals surface area contributed by atoms with Crippen molar-refractivity contribution in [3.63, 3.8) is 0 Å². The number of aromatic nitrogens is 2. The van der Waals surface area contributed by atoms with Crippen LogP contribution in [0.1, 0.15) is 30.0 Å². The topological polar surface area (TPSA) is 67.6 Å². The molecule has 1 aliphatic heterocycles. The van der Waals surface area contributed by atoms with E-state index in [1.165, 1.54) is 17.0 Å². The monoisotopic (exact) mass is 403 g/mol. The van der Waals surface area contributed by atoms with Gasteiger partial charge in [0, 0.05) is 19.5 Å². The number of amides is 1. The van der Waals surface area contributed by atoms with E-state index < -0.39 is 23.9 Å². The number of hydrogen-bond acceptors (Lipinski definition) is 3. The Morgan fingerprint density at radius 2 is 2.00 bits per heavy atom. The quantitative estimate of drug-likeness (QED) is 0.829. The summed E-state index contributed by atoms with van der Waals surface area (Å²) < 4.78 is 45.4. The first-order chi connectivity index (χ1) is 12.7. The summed E-state index contributed by atoms with van der Waals surface area (Å²) in [6.45, 7) is 2.50. The van der Waals surface area contributed by atoms with E-state index in [1.807, 2.05) is 11.5 Å². The Kier molecular flexibility index (Phi) is 5.23. The van der Waals surface area contributed by atoms with Crippen LogP contribution in [0.15, 0.2) is 24.3 Å². The Morgan fingerprint density at radius 3 is 2.56 bits per heavy atom. The number of benzene rings is 1. The predicted molar refractivity (Wildman–Crippen MR) is 91.0 cm³/mol. The molecule has 0 saturated carbocycles. The minimum atomic E-state index is -4.43. The second kappa shape index (κ2) is 7.30. The van der Waals surface area contributed by atoms with Crippen LogP contribution in [0.2, 0.25) is 5.15 Å². The number of imidazole rings is 1. The van der Waals surface area contributed by atoms with Gasteiger partial charge in [0.2, 0.25) is 0 Å². The van der Waals surface area contributed by atoms with Crippen LogP contribution in [-0.4, -0.2) is 38.8 Å². The Morgan fingerprint density at radius 1 is 1.33 bits per heavy atom. The second-order valence-electron chi connectivity index (χ2n) is 6.03. The third-order valence-corrected chi connectivity index (χ3v) is 4.73. The fourth-order valence-electron chi connectivity index (χ4n) is 3.14. The normalized spacial score (nSPS) is 16.9. The summed E-state index contributed by atoms with van der Waals surface area (Å²) in [5.41, 5.74) is -0.248. The lowest BCUT2D eigenvalue weighted by atomic mass is 10.1. The van der Waals surface area contributed by atoms with Crippen LogP contribution < -0.4 is 4.74 Å². The number of aryl methyl sites for hydroxylation is 1. The minimum Gasteiger partial charge on any atom is -0.491 e. The molecule has 27 heavy (non-hydrogen) atoms. The SMILES string of the molecule is CCc1nc(Cl)c2n1CCN(C(=O)O)C2COc1ccc(C(F)(F)F)cc1. The number of hydrogen-bond donors (Lipinski definition) is 1. The highest BCUT2D eigenvalue weighted by Crippen LogP contribution is 2.34. The molecular formula is C17H17ClF3N3O3. The highest BCUT2D eigenvalue weighted by atomic mass is 35.5. The molecular weight excluding hydrogens is 387 g/mol. The first-order valence-corrected chi connectivity index (χ1v) is 8.64. The smallest absolute Gasteiger partial charge is 0.416 e. The fourth-order valence-corrected chi connectivity index (χ4v) is 3.47. The summed E-state index contributed by atoms with van der Waals surface area (Å²) in [5.74, 6) is 0.955. The molecule has 1 N–H and O–H groups in total. The summed E-state index contributed by atoms with van der Waals surface area (Å²) in [6, 6.07) is 3.52. The highest BCUT2D eigenvalue weighted by Gasteiger charge is 2.36. The van der Waals surface area contributed by atoms with Gasteiger partial charge in [-0.2, -0.15) is 13.2 Å². The molecule has 0 radical (unpaired) electrons. The molecule has 2 aromatic rings. The molecule has 6 nitrogen and oxygen atoms in total. The number of nitrogens with zero attached hydrogens (tertiary/aromatic N) is 3. The molecule has 1 unspecified atom stereocenters. The van der Waals surface area contributed by atoms with Crippen LogP contribution in [0.4, 0.5) is 18.0 Å². The fraction of sp³-hybridized carbons (Fsp3) is 0.412. The van der Waals surface area contributed by atoms with Gasteiger partial charge in [-0.15, -0.1) is 0 Å². The van der Waals surface area contributed by atoms with Gasteiger partial charge in [0.1, 0.15) is 24.2 Å². The summed E-state index contributed by atoms with van der Waals surface area (Å²) in [6.07, 6.45) is -4.92. The summed E-state index contributed by atoms with van der Waals surface area (Å²) in [4.78, 5) is 17.1. The molecule has 1 aromatic heterocycles. The van der Waals surface area contributed by atoms with E-state index in [2.05, 4.69) is 4.98 Å². The van der Waals surface area contributed by atoms with Gasteiger partial charge in [-0.3, -0.25) is 4.90 Å². The van der Waals surface area contributed by atoms with Gasteiger partial charge >= 0.3 is 12.3 Å². The third-order valence-electron chi connectivity index (χ3n) is 4.45. The zero-order chi connectivity index (χ0) is 19.8. The Bertz CT molecular complexity index is 836. The molecule has 3 rings (SSSR count). The molecule has 0 bridgehead atoms. The van der Waals surface area contributed by atoms with Gasteiger partial charge in [0.05, 0.1) is 11.3 Å². The maximum absolute atomic E-state index is 12.6. The van der Waals surface area contributed by atoms with Crippen LogP contribution >= 0.6 is 11.6 Å². The van der Waals surface area contributed by atoms with Crippen molar-refractivity contribution < 1.29 is 27.8 Å². The van der Waals surface area contributed by atoms with Gasteiger partial charge in [0.15, 0.2) is 5.15 Å². The lowest BCUT2D eigenvalue weighted by molar-refractivity contribution is -0.137. The van der Waals surface area contributed by atoms with E-state index in [0.717, 1.165) is 18.0 Å². The summed E-state index contributed by atoms with van der Waals surface area (Å²) >= 11 is 6.23. The Balaban J connectivity index is 1.83. The van der Waals surface area contributed by atoms with E-state index in [0.29, 0.717) is 18.7 Å². The molecule has 1 amide bonds. The van der Waals surface area contributed by atoms with Crippen molar-refractivity contribution in [1.29, 1.82) is 0 Å². The van der Waals surface area contributed by atoms with Crippen molar-refractivity contribution in [2.24, 2.45) is 0 Å². The average molecular weight is 404 g/mol. The molecule has 0 aliphatic carbocycles. The van der Waals surface area contributed by atoms with Crippen molar-refractivity contribution in [3.8, 4) is 5.75 Å². The standard InChI is InChI=1S/C17H17ClF3N3O3/c1-2-13-22-15(18)14-12(23(16(25)26)7-8-24(13)14)9-27-11-5-3-10(4-6-11)17(19,20)21/h3-6,12H,2,7-9H2,1H3,(H,25,26). The lowest BCUT2D eigenvalue weighted by Crippen LogP contribution is -2.44. The van der Waals surface area contributed by atoms with Crippen LogP contribution in [0, 0.1) is 0 Å². The summed E-state index contributed by atoms with van der Waals surface area (Å²) in [7, 11) is 0.